The average Bonchev–Trinajstić information content (AvgIpc) is 2.14. The predicted octanol–water partition coefficient (Wildman–Crippen LogP) is 1.00. The van der Waals surface area contributed by atoms with Crippen LogP contribution in [0.4, 0.5) is 4.39 Å². The molecule has 1 saturated heterocycles. The van der Waals surface area contributed by atoms with Crippen LogP contribution in [0.2, 0.25) is 0 Å². The number of nitrogens with zero attached hydrogens (tertiary/aromatic N) is 1. The number of nitrogens with one attached hydrogen (secondary N) is 1. The fraction of sp³-hybridized carbons (Fsp3) is 0.417. The third kappa shape index (κ3) is 2.39. The van der Waals surface area contributed by atoms with Gasteiger partial charge in [-0.1, -0.05) is 12.1 Å². The fourth-order valence-electron chi connectivity index (χ4n) is 1.76. The molecule has 0 aliphatic carbocycles. The number of amides is 1. The summed E-state index contributed by atoms with van der Waals surface area (Å²) in [7, 11) is 1.76. The molecule has 4 heteroatoms. The van der Waals surface area contributed by atoms with E-state index >= 15 is 0 Å². The molecule has 0 aromatic heterocycles. The van der Waals surface area contributed by atoms with E-state index in [1.54, 1.807) is 18.0 Å². The lowest BCUT2D eigenvalue weighted by molar-refractivity contribution is -0.136. The second kappa shape index (κ2) is 4.61. The third-order valence-corrected chi connectivity index (χ3v) is 2.82. The van der Waals surface area contributed by atoms with Crippen molar-refractivity contribution in [2.45, 2.75) is 6.54 Å². The van der Waals surface area contributed by atoms with Crippen molar-refractivity contribution in [2.75, 3.05) is 20.1 Å². The van der Waals surface area contributed by atoms with Crippen molar-refractivity contribution in [1.29, 1.82) is 0 Å². The highest BCUT2D eigenvalue weighted by atomic mass is 19.1. The Morgan fingerprint density at radius 2 is 2.31 bits per heavy atom. The lowest BCUT2D eigenvalue weighted by Crippen LogP contribution is -2.50. The zero-order chi connectivity index (χ0) is 11.5. The van der Waals surface area contributed by atoms with E-state index in [1.807, 2.05) is 6.07 Å². The number of carbonyl (C=O) groups is 1. The van der Waals surface area contributed by atoms with E-state index < -0.39 is 0 Å². The lowest BCUT2D eigenvalue weighted by Gasteiger charge is -2.30. The summed E-state index contributed by atoms with van der Waals surface area (Å²) in [5.74, 6) is -0.0368. The van der Waals surface area contributed by atoms with E-state index in [-0.39, 0.29) is 17.6 Å². The van der Waals surface area contributed by atoms with E-state index in [1.165, 1.54) is 12.1 Å². The molecule has 86 valence electrons. The van der Waals surface area contributed by atoms with Crippen LogP contribution in [0.25, 0.3) is 0 Å². The molecule has 2 rings (SSSR count). The van der Waals surface area contributed by atoms with Crippen molar-refractivity contribution < 1.29 is 9.18 Å². The molecule has 1 aliphatic rings. The van der Waals surface area contributed by atoms with E-state index in [4.69, 9.17) is 0 Å². The molecule has 1 aromatic carbocycles. The smallest absolute Gasteiger partial charge is 0.228 e. The monoisotopic (exact) mass is 222 g/mol. The molecular formula is C12H15FN2O. The molecule has 1 aliphatic heterocycles. The summed E-state index contributed by atoms with van der Waals surface area (Å²) in [6.07, 6.45) is 0. The third-order valence-electron chi connectivity index (χ3n) is 2.82. The van der Waals surface area contributed by atoms with Gasteiger partial charge in [0.15, 0.2) is 0 Å². The predicted molar refractivity (Wildman–Crippen MR) is 59.2 cm³/mol. The van der Waals surface area contributed by atoms with Gasteiger partial charge in [-0.15, -0.1) is 0 Å². The average molecular weight is 222 g/mol. The topological polar surface area (TPSA) is 32.3 Å². The zero-order valence-electron chi connectivity index (χ0n) is 9.24. The summed E-state index contributed by atoms with van der Waals surface area (Å²) in [5.41, 5.74) is 0.822. The Bertz CT molecular complexity index is 390. The van der Waals surface area contributed by atoms with Gasteiger partial charge in [-0.25, -0.2) is 4.39 Å². The Kier molecular flexibility index (Phi) is 3.19. The second-order valence-electron chi connectivity index (χ2n) is 4.18. The Hall–Kier alpha value is -1.42. The van der Waals surface area contributed by atoms with Gasteiger partial charge in [0.1, 0.15) is 5.82 Å². The van der Waals surface area contributed by atoms with E-state index in [9.17, 15) is 9.18 Å². The number of hydrogen-bond acceptors (Lipinski definition) is 2. The van der Waals surface area contributed by atoms with Crippen LogP contribution in [-0.4, -0.2) is 30.9 Å². The van der Waals surface area contributed by atoms with Crippen molar-refractivity contribution in [3.05, 3.63) is 35.6 Å². The molecule has 0 spiro atoms. The van der Waals surface area contributed by atoms with Gasteiger partial charge in [0, 0.05) is 26.7 Å². The van der Waals surface area contributed by atoms with Crippen LogP contribution in [-0.2, 0) is 11.3 Å². The maximum atomic E-state index is 12.9. The second-order valence-corrected chi connectivity index (χ2v) is 4.18. The number of halogens is 1. The highest BCUT2D eigenvalue weighted by Crippen LogP contribution is 2.11. The van der Waals surface area contributed by atoms with Crippen molar-refractivity contribution in [2.24, 2.45) is 5.92 Å². The summed E-state index contributed by atoms with van der Waals surface area (Å²) in [6, 6.07) is 6.35. The van der Waals surface area contributed by atoms with E-state index in [2.05, 4.69) is 5.32 Å². The van der Waals surface area contributed by atoms with Crippen LogP contribution in [0.1, 0.15) is 5.56 Å². The van der Waals surface area contributed by atoms with Crippen molar-refractivity contribution in [3.63, 3.8) is 0 Å². The Morgan fingerprint density at radius 3 is 2.88 bits per heavy atom. The summed E-state index contributed by atoms with van der Waals surface area (Å²) >= 11 is 0. The number of rotatable bonds is 3. The van der Waals surface area contributed by atoms with Gasteiger partial charge in [-0.05, 0) is 17.7 Å². The largest absolute Gasteiger partial charge is 0.341 e. The van der Waals surface area contributed by atoms with Gasteiger partial charge >= 0.3 is 0 Å². The van der Waals surface area contributed by atoms with Crippen molar-refractivity contribution >= 4 is 5.91 Å². The van der Waals surface area contributed by atoms with Gasteiger partial charge in [-0.3, -0.25) is 4.79 Å². The standard InChI is InChI=1S/C12H15FN2O/c1-15(12(16)10-6-14-7-10)8-9-3-2-4-11(13)5-9/h2-5,10,14H,6-8H2,1H3. The number of benzene rings is 1. The van der Waals surface area contributed by atoms with Crippen molar-refractivity contribution in [1.82, 2.24) is 10.2 Å². The molecule has 1 N–H and O–H groups in total. The minimum absolute atomic E-state index is 0.0959. The molecule has 1 aromatic rings. The maximum absolute atomic E-state index is 12.9. The Balaban J connectivity index is 1.95. The first-order chi connectivity index (χ1) is 7.66. The van der Waals surface area contributed by atoms with Crippen LogP contribution < -0.4 is 5.32 Å². The van der Waals surface area contributed by atoms with E-state index in [0.29, 0.717) is 6.54 Å². The van der Waals surface area contributed by atoms with Gasteiger partial charge in [0.2, 0.25) is 5.91 Å². The molecule has 1 heterocycles. The first kappa shape index (κ1) is 11.1. The highest BCUT2D eigenvalue weighted by molar-refractivity contribution is 5.79. The van der Waals surface area contributed by atoms with Crippen molar-refractivity contribution in [3.8, 4) is 0 Å². The summed E-state index contributed by atoms with van der Waals surface area (Å²) < 4.78 is 12.9. The van der Waals surface area contributed by atoms with E-state index in [0.717, 1.165) is 18.7 Å². The SMILES string of the molecule is CN(Cc1cccc(F)c1)C(=O)C1CNC1. The first-order valence-electron chi connectivity index (χ1n) is 5.37. The van der Waals surface area contributed by atoms with Gasteiger partial charge in [0.05, 0.1) is 5.92 Å². The molecule has 0 saturated carbocycles. The van der Waals surface area contributed by atoms with Gasteiger partial charge < -0.3 is 10.2 Å². The fourth-order valence-corrected chi connectivity index (χ4v) is 1.76. The molecule has 0 atom stereocenters. The minimum Gasteiger partial charge on any atom is -0.341 e. The van der Waals surface area contributed by atoms with Gasteiger partial charge in [0.25, 0.3) is 0 Å². The normalized spacial score (nSPS) is 15.6. The Labute approximate surface area is 94.3 Å². The molecular weight excluding hydrogens is 207 g/mol. The summed E-state index contributed by atoms with van der Waals surface area (Å²) in [4.78, 5) is 13.5. The lowest BCUT2D eigenvalue weighted by atomic mass is 10.0. The molecule has 0 unspecified atom stereocenters. The minimum atomic E-state index is -0.261. The first-order valence-corrected chi connectivity index (χ1v) is 5.37. The van der Waals surface area contributed by atoms with Crippen LogP contribution in [0, 0.1) is 11.7 Å². The quantitative estimate of drug-likeness (QED) is 0.827. The molecule has 0 bridgehead atoms. The summed E-state index contributed by atoms with van der Waals surface area (Å²) in [6.45, 7) is 1.98. The molecule has 16 heavy (non-hydrogen) atoms. The highest BCUT2D eigenvalue weighted by Gasteiger charge is 2.27. The molecule has 1 amide bonds. The van der Waals surface area contributed by atoms with Gasteiger partial charge in [-0.2, -0.15) is 0 Å². The van der Waals surface area contributed by atoms with Crippen LogP contribution >= 0.6 is 0 Å². The molecule has 3 nitrogen and oxygen atoms in total. The molecule has 0 radical (unpaired) electrons. The molecule has 1 fully saturated rings. The summed E-state index contributed by atoms with van der Waals surface area (Å²) in [5, 5.41) is 3.06. The number of carbonyl (C=O) groups excluding carboxylic acids is 1. The Morgan fingerprint density at radius 1 is 1.56 bits per heavy atom. The maximum Gasteiger partial charge on any atom is 0.228 e. The van der Waals surface area contributed by atoms with Crippen LogP contribution in [0.5, 0.6) is 0 Å². The number of hydrogen-bond donors (Lipinski definition) is 1. The van der Waals surface area contributed by atoms with Crippen LogP contribution in [0.15, 0.2) is 24.3 Å². The van der Waals surface area contributed by atoms with Crippen LogP contribution in [0.3, 0.4) is 0 Å². The zero-order valence-corrected chi connectivity index (χ0v) is 9.24.